The van der Waals surface area contributed by atoms with Crippen molar-refractivity contribution in [3.8, 4) is 0 Å². The minimum absolute atomic E-state index is 0.330. The van der Waals surface area contributed by atoms with Gasteiger partial charge in [0.1, 0.15) is 4.99 Å². The Morgan fingerprint density at radius 2 is 2.11 bits per heavy atom. The van der Waals surface area contributed by atoms with Crippen molar-refractivity contribution in [3.63, 3.8) is 0 Å². The molecular weight excluding hydrogens is 266 g/mol. The molecule has 1 aromatic carbocycles. The molecule has 0 aliphatic heterocycles. The third-order valence-corrected chi connectivity index (χ3v) is 3.13. The number of halogens is 1. The van der Waals surface area contributed by atoms with Crippen molar-refractivity contribution < 1.29 is 0 Å². The molecule has 3 nitrogen and oxygen atoms in total. The lowest BCUT2D eigenvalue weighted by molar-refractivity contribution is 0.396. The Hall–Kier alpha value is -0.840. The van der Waals surface area contributed by atoms with E-state index < -0.39 is 0 Å². The van der Waals surface area contributed by atoms with Gasteiger partial charge in [0.05, 0.1) is 10.6 Å². The lowest BCUT2D eigenvalue weighted by atomic mass is 10.1. The normalized spacial score (nSPS) is 10.7. The van der Waals surface area contributed by atoms with Gasteiger partial charge in [-0.3, -0.25) is 0 Å². The zero-order valence-electron chi connectivity index (χ0n) is 10.9. The fourth-order valence-electron chi connectivity index (χ4n) is 1.70. The number of nitrogens with one attached hydrogen (secondary N) is 1. The summed E-state index contributed by atoms with van der Waals surface area (Å²) in [4.78, 5) is 2.51. The van der Waals surface area contributed by atoms with E-state index in [4.69, 9.17) is 29.6 Å². The molecule has 0 bridgehead atoms. The van der Waals surface area contributed by atoms with Crippen LogP contribution in [0.3, 0.4) is 0 Å². The first-order chi connectivity index (χ1) is 8.52. The van der Waals surface area contributed by atoms with Crippen molar-refractivity contribution >= 4 is 34.5 Å². The predicted molar refractivity (Wildman–Crippen MR) is 83.6 cm³/mol. The molecule has 0 fully saturated rings. The Morgan fingerprint density at radius 1 is 1.39 bits per heavy atom. The Bertz CT molecular complexity index is 407. The van der Waals surface area contributed by atoms with E-state index in [1.54, 1.807) is 6.07 Å². The maximum absolute atomic E-state index is 6.09. The number of anilines is 1. The average molecular weight is 286 g/mol. The van der Waals surface area contributed by atoms with Crippen LogP contribution in [0.25, 0.3) is 0 Å². The number of hydrogen-bond acceptors (Lipinski definition) is 3. The molecule has 0 aliphatic rings. The highest BCUT2D eigenvalue weighted by Crippen LogP contribution is 2.24. The molecule has 0 atom stereocenters. The standard InChI is InChI=1S/C13H20ClN3S/c1-17(2)9-4-3-8-16-11-7-5-6-10(14)12(11)13(15)18/h5-7,16H,3-4,8-9H2,1-2H3,(H2,15,18). The molecule has 0 amide bonds. The first-order valence-electron chi connectivity index (χ1n) is 5.99. The third-order valence-electron chi connectivity index (χ3n) is 2.61. The predicted octanol–water partition coefficient (Wildman–Crippen LogP) is 2.73. The third kappa shape index (κ3) is 4.80. The Labute approximate surface area is 119 Å². The van der Waals surface area contributed by atoms with E-state index in [0.29, 0.717) is 10.0 Å². The van der Waals surface area contributed by atoms with Gasteiger partial charge in [-0.15, -0.1) is 0 Å². The summed E-state index contributed by atoms with van der Waals surface area (Å²) in [7, 11) is 4.16. The summed E-state index contributed by atoms with van der Waals surface area (Å²) >= 11 is 11.1. The van der Waals surface area contributed by atoms with Crippen molar-refractivity contribution in [1.82, 2.24) is 4.90 Å². The lowest BCUT2D eigenvalue weighted by Crippen LogP contribution is -2.16. The first kappa shape index (κ1) is 15.2. The van der Waals surface area contributed by atoms with Crippen molar-refractivity contribution in [2.75, 3.05) is 32.5 Å². The molecule has 100 valence electrons. The summed E-state index contributed by atoms with van der Waals surface area (Å²) < 4.78 is 0. The first-order valence-corrected chi connectivity index (χ1v) is 6.78. The van der Waals surface area contributed by atoms with E-state index in [-0.39, 0.29) is 0 Å². The highest BCUT2D eigenvalue weighted by molar-refractivity contribution is 7.80. The Morgan fingerprint density at radius 3 is 2.72 bits per heavy atom. The number of nitrogens with zero attached hydrogens (tertiary/aromatic N) is 1. The van der Waals surface area contributed by atoms with Crippen LogP contribution in [-0.4, -0.2) is 37.1 Å². The Balaban J connectivity index is 2.52. The second kappa shape index (κ2) is 7.56. The molecule has 1 rings (SSSR count). The highest BCUT2D eigenvalue weighted by atomic mass is 35.5. The number of rotatable bonds is 7. The molecule has 3 N–H and O–H groups in total. The maximum atomic E-state index is 6.09. The van der Waals surface area contributed by atoms with E-state index in [0.717, 1.165) is 37.2 Å². The second-order valence-corrected chi connectivity index (χ2v) is 5.31. The van der Waals surface area contributed by atoms with E-state index in [1.165, 1.54) is 0 Å². The van der Waals surface area contributed by atoms with Crippen LogP contribution in [0.15, 0.2) is 18.2 Å². The van der Waals surface area contributed by atoms with E-state index in [9.17, 15) is 0 Å². The van der Waals surface area contributed by atoms with Gasteiger partial charge >= 0.3 is 0 Å². The molecule has 0 aliphatic carbocycles. The summed E-state index contributed by atoms with van der Waals surface area (Å²) in [5.41, 5.74) is 7.34. The quantitative estimate of drug-likeness (QED) is 0.597. The van der Waals surface area contributed by atoms with Crippen molar-refractivity contribution in [2.45, 2.75) is 12.8 Å². The van der Waals surface area contributed by atoms with Gasteiger partial charge in [0, 0.05) is 12.2 Å². The van der Waals surface area contributed by atoms with Gasteiger partial charge in [-0.2, -0.15) is 0 Å². The van der Waals surface area contributed by atoms with E-state index in [2.05, 4.69) is 24.3 Å². The number of hydrogen-bond donors (Lipinski definition) is 2. The molecule has 0 radical (unpaired) electrons. The Kier molecular flexibility index (Phi) is 6.39. The van der Waals surface area contributed by atoms with Crippen LogP contribution in [0.2, 0.25) is 5.02 Å². The van der Waals surface area contributed by atoms with Crippen LogP contribution >= 0.6 is 23.8 Å². The molecule has 0 heterocycles. The van der Waals surface area contributed by atoms with Gasteiger partial charge in [0.25, 0.3) is 0 Å². The molecule has 18 heavy (non-hydrogen) atoms. The van der Waals surface area contributed by atoms with Crippen LogP contribution in [0, 0.1) is 0 Å². The summed E-state index contributed by atoms with van der Waals surface area (Å²) in [5.74, 6) is 0. The topological polar surface area (TPSA) is 41.3 Å². The maximum Gasteiger partial charge on any atom is 0.107 e. The van der Waals surface area contributed by atoms with Crippen molar-refractivity contribution in [3.05, 3.63) is 28.8 Å². The van der Waals surface area contributed by atoms with Crippen LogP contribution in [0.1, 0.15) is 18.4 Å². The fraction of sp³-hybridized carbons (Fsp3) is 0.462. The van der Waals surface area contributed by atoms with Gasteiger partial charge in [-0.05, 0) is 45.6 Å². The van der Waals surface area contributed by atoms with Crippen molar-refractivity contribution in [2.24, 2.45) is 5.73 Å². The molecule has 0 spiro atoms. The number of unbranched alkanes of at least 4 members (excludes halogenated alkanes) is 1. The van der Waals surface area contributed by atoms with Gasteiger partial charge in [0.2, 0.25) is 0 Å². The number of nitrogens with two attached hydrogens (primary N) is 1. The zero-order chi connectivity index (χ0) is 13.5. The number of thiocarbonyl (C=S) groups is 1. The molecule has 5 heteroatoms. The lowest BCUT2D eigenvalue weighted by Gasteiger charge is -2.13. The van der Waals surface area contributed by atoms with Crippen LogP contribution in [0.4, 0.5) is 5.69 Å². The minimum atomic E-state index is 0.330. The van der Waals surface area contributed by atoms with Crippen LogP contribution in [0.5, 0.6) is 0 Å². The van der Waals surface area contributed by atoms with Gasteiger partial charge in [0.15, 0.2) is 0 Å². The van der Waals surface area contributed by atoms with Crippen LogP contribution < -0.4 is 11.1 Å². The molecule has 1 aromatic rings. The molecule has 0 unspecified atom stereocenters. The van der Waals surface area contributed by atoms with Gasteiger partial charge < -0.3 is 16.0 Å². The monoisotopic (exact) mass is 285 g/mol. The summed E-state index contributed by atoms with van der Waals surface area (Å²) in [5, 5.41) is 3.94. The average Bonchev–Trinajstić information content (AvgIpc) is 2.27. The van der Waals surface area contributed by atoms with E-state index >= 15 is 0 Å². The minimum Gasteiger partial charge on any atom is -0.389 e. The fourth-order valence-corrected chi connectivity index (χ4v) is 2.25. The zero-order valence-corrected chi connectivity index (χ0v) is 12.4. The van der Waals surface area contributed by atoms with Crippen LogP contribution in [-0.2, 0) is 0 Å². The largest absolute Gasteiger partial charge is 0.389 e. The molecular formula is C13H20ClN3S. The molecule has 0 saturated carbocycles. The number of benzene rings is 1. The summed E-state index contributed by atoms with van der Waals surface area (Å²) in [6, 6.07) is 5.64. The van der Waals surface area contributed by atoms with Gasteiger partial charge in [-0.1, -0.05) is 29.9 Å². The van der Waals surface area contributed by atoms with Crippen molar-refractivity contribution in [1.29, 1.82) is 0 Å². The second-order valence-electron chi connectivity index (χ2n) is 4.46. The van der Waals surface area contributed by atoms with E-state index in [1.807, 2.05) is 12.1 Å². The van der Waals surface area contributed by atoms with Gasteiger partial charge in [-0.25, -0.2) is 0 Å². The molecule has 0 saturated heterocycles. The highest BCUT2D eigenvalue weighted by Gasteiger charge is 2.08. The SMILES string of the molecule is CN(C)CCCCNc1cccc(Cl)c1C(N)=S. The molecule has 0 aromatic heterocycles. The smallest absolute Gasteiger partial charge is 0.107 e. The summed E-state index contributed by atoms with van der Waals surface area (Å²) in [6.45, 7) is 1.99. The summed E-state index contributed by atoms with van der Waals surface area (Å²) in [6.07, 6.45) is 2.25.